The van der Waals surface area contributed by atoms with E-state index < -0.39 is 0 Å². The van der Waals surface area contributed by atoms with Gasteiger partial charge in [-0.1, -0.05) is 6.07 Å². The van der Waals surface area contributed by atoms with E-state index in [1.165, 1.54) is 12.1 Å². The molecule has 1 aliphatic rings. The molecule has 0 saturated heterocycles. The molecule has 4 heteroatoms. The lowest BCUT2D eigenvalue weighted by Gasteiger charge is -2.37. The zero-order valence-electron chi connectivity index (χ0n) is 9.73. The first-order valence-corrected chi connectivity index (χ1v) is 5.99. The highest BCUT2D eigenvalue weighted by Crippen LogP contribution is 2.25. The van der Waals surface area contributed by atoms with Gasteiger partial charge in [-0.05, 0) is 37.5 Å². The molecule has 1 fully saturated rings. The van der Waals surface area contributed by atoms with Gasteiger partial charge in [0.2, 0.25) is 0 Å². The Morgan fingerprint density at radius 2 is 2.24 bits per heavy atom. The quantitative estimate of drug-likeness (QED) is 0.866. The topological polar surface area (TPSA) is 46.3 Å². The Kier molecular flexibility index (Phi) is 3.74. The van der Waals surface area contributed by atoms with Crippen molar-refractivity contribution in [3.63, 3.8) is 0 Å². The minimum absolute atomic E-state index is 0.111. The maximum Gasteiger partial charge on any atom is 0.254 e. The molecule has 0 spiro atoms. The Balaban J connectivity index is 2.15. The third-order valence-electron chi connectivity index (χ3n) is 3.22. The minimum Gasteiger partial charge on any atom is -0.334 e. The van der Waals surface area contributed by atoms with Crippen molar-refractivity contribution >= 4 is 5.91 Å². The second-order valence-electron chi connectivity index (χ2n) is 4.38. The molecule has 17 heavy (non-hydrogen) atoms. The number of carbonyl (C=O) groups is 1. The van der Waals surface area contributed by atoms with Gasteiger partial charge in [0.1, 0.15) is 5.82 Å². The summed E-state index contributed by atoms with van der Waals surface area (Å²) in [4.78, 5) is 14.0. The maximum atomic E-state index is 13.1. The van der Waals surface area contributed by atoms with Gasteiger partial charge in [-0.3, -0.25) is 4.79 Å². The Morgan fingerprint density at radius 3 is 2.76 bits per heavy atom. The third kappa shape index (κ3) is 2.64. The molecule has 1 aliphatic carbocycles. The fourth-order valence-corrected chi connectivity index (χ4v) is 2.07. The third-order valence-corrected chi connectivity index (χ3v) is 3.22. The van der Waals surface area contributed by atoms with Crippen LogP contribution < -0.4 is 5.73 Å². The Labute approximate surface area is 100 Å². The van der Waals surface area contributed by atoms with Gasteiger partial charge in [-0.2, -0.15) is 0 Å². The molecule has 0 bridgehead atoms. The van der Waals surface area contributed by atoms with Crippen LogP contribution in [0.25, 0.3) is 0 Å². The number of hydrogen-bond donors (Lipinski definition) is 1. The van der Waals surface area contributed by atoms with Gasteiger partial charge in [-0.15, -0.1) is 0 Å². The van der Waals surface area contributed by atoms with Crippen molar-refractivity contribution in [1.29, 1.82) is 0 Å². The lowest BCUT2D eigenvalue weighted by atomic mass is 9.91. The number of benzene rings is 1. The van der Waals surface area contributed by atoms with Crippen molar-refractivity contribution in [2.75, 3.05) is 13.1 Å². The molecular weight excluding hydrogens is 219 g/mol. The van der Waals surface area contributed by atoms with E-state index in [-0.39, 0.29) is 17.8 Å². The Hall–Kier alpha value is -1.42. The van der Waals surface area contributed by atoms with E-state index in [0.717, 1.165) is 19.3 Å². The number of halogens is 1. The molecule has 3 nitrogen and oxygen atoms in total. The molecule has 0 aromatic heterocycles. The van der Waals surface area contributed by atoms with Gasteiger partial charge in [0, 0.05) is 24.7 Å². The van der Waals surface area contributed by atoms with Crippen molar-refractivity contribution in [1.82, 2.24) is 4.90 Å². The minimum atomic E-state index is -0.378. The molecule has 1 amide bonds. The first-order valence-electron chi connectivity index (χ1n) is 5.99. The van der Waals surface area contributed by atoms with Crippen LogP contribution in [0.2, 0.25) is 0 Å². The summed E-state index contributed by atoms with van der Waals surface area (Å²) in [5, 5.41) is 0. The fraction of sp³-hybridized carbons (Fsp3) is 0.462. The number of rotatable bonds is 4. The fourth-order valence-electron chi connectivity index (χ4n) is 2.07. The van der Waals surface area contributed by atoms with Crippen molar-refractivity contribution in [3.8, 4) is 0 Å². The zero-order chi connectivity index (χ0) is 12.3. The van der Waals surface area contributed by atoms with E-state index in [0.29, 0.717) is 18.7 Å². The van der Waals surface area contributed by atoms with Crippen LogP contribution in [0.1, 0.15) is 29.6 Å². The van der Waals surface area contributed by atoms with E-state index in [1.54, 1.807) is 17.0 Å². The van der Waals surface area contributed by atoms with Gasteiger partial charge >= 0.3 is 0 Å². The van der Waals surface area contributed by atoms with E-state index in [1.807, 2.05) is 0 Å². The summed E-state index contributed by atoms with van der Waals surface area (Å²) >= 11 is 0. The summed E-state index contributed by atoms with van der Waals surface area (Å²) in [6, 6.07) is 6.12. The largest absolute Gasteiger partial charge is 0.334 e. The average molecular weight is 236 g/mol. The van der Waals surface area contributed by atoms with Gasteiger partial charge in [0.05, 0.1) is 0 Å². The summed E-state index contributed by atoms with van der Waals surface area (Å²) in [6.07, 6.45) is 3.21. The smallest absolute Gasteiger partial charge is 0.254 e. The summed E-state index contributed by atoms with van der Waals surface area (Å²) in [5.41, 5.74) is 5.93. The molecule has 2 N–H and O–H groups in total. The van der Waals surface area contributed by atoms with Crippen molar-refractivity contribution < 1.29 is 9.18 Å². The van der Waals surface area contributed by atoms with E-state index in [4.69, 9.17) is 5.73 Å². The van der Waals surface area contributed by atoms with Gasteiger partial charge in [0.15, 0.2) is 0 Å². The van der Waals surface area contributed by atoms with Crippen molar-refractivity contribution in [3.05, 3.63) is 35.6 Å². The van der Waals surface area contributed by atoms with Crippen LogP contribution in [0.15, 0.2) is 24.3 Å². The standard InChI is InChI=1S/C13H17FN2O/c14-11-4-1-3-10(9-11)13(17)16(8-7-15)12-5-2-6-12/h1,3-4,9,12H,2,5-8,15H2. The zero-order valence-corrected chi connectivity index (χ0v) is 9.73. The second kappa shape index (κ2) is 5.27. The first-order chi connectivity index (χ1) is 8.22. The summed E-state index contributed by atoms with van der Waals surface area (Å²) in [5.74, 6) is -0.489. The summed E-state index contributed by atoms with van der Waals surface area (Å²) < 4.78 is 13.1. The molecule has 0 atom stereocenters. The lowest BCUT2D eigenvalue weighted by molar-refractivity contribution is 0.0588. The number of amides is 1. The van der Waals surface area contributed by atoms with Crippen LogP contribution in [0.5, 0.6) is 0 Å². The number of nitrogens with two attached hydrogens (primary N) is 1. The van der Waals surface area contributed by atoms with Gasteiger partial charge in [0.25, 0.3) is 5.91 Å². The van der Waals surface area contributed by atoms with Crippen LogP contribution >= 0.6 is 0 Å². The average Bonchev–Trinajstić information content (AvgIpc) is 2.25. The van der Waals surface area contributed by atoms with Crippen LogP contribution in [0.4, 0.5) is 4.39 Å². The summed E-state index contributed by atoms with van der Waals surface area (Å²) in [6.45, 7) is 0.984. The van der Waals surface area contributed by atoms with Crippen LogP contribution in [-0.2, 0) is 0 Å². The van der Waals surface area contributed by atoms with E-state index in [9.17, 15) is 9.18 Å². The highest BCUT2D eigenvalue weighted by molar-refractivity contribution is 5.94. The maximum absolute atomic E-state index is 13.1. The monoisotopic (exact) mass is 236 g/mol. The molecule has 1 aromatic carbocycles. The molecule has 1 saturated carbocycles. The predicted octanol–water partition coefficient (Wildman–Crippen LogP) is 1.78. The molecular formula is C13H17FN2O. The van der Waals surface area contributed by atoms with Crippen LogP contribution in [0, 0.1) is 5.82 Å². The number of nitrogens with zero attached hydrogens (tertiary/aromatic N) is 1. The van der Waals surface area contributed by atoms with E-state index >= 15 is 0 Å². The molecule has 2 rings (SSSR count). The molecule has 0 heterocycles. The molecule has 0 unspecified atom stereocenters. The number of hydrogen-bond acceptors (Lipinski definition) is 2. The van der Waals surface area contributed by atoms with E-state index in [2.05, 4.69) is 0 Å². The first kappa shape index (κ1) is 12.0. The summed E-state index contributed by atoms with van der Waals surface area (Å²) in [7, 11) is 0. The van der Waals surface area contributed by atoms with Crippen molar-refractivity contribution in [2.45, 2.75) is 25.3 Å². The predicted molar refractivity (Wildman–Crippen MR) is 64.1 cm³/mol. The molecule has 92 valence electrons. The normalized spacial score (nSPS) is 15.4. The molecule has 0 aliphatic heterocycles. The molecule has 1 aromatic rings. The Bertz CT molecular complexity index is 404. The number of carbonyl (C=O) groups excluding carboxylic acids is 1. The Morgan fingerprint density at radius 1 is 1.47 bits per heavy atom. The van der Waals surface area contributed by atoms with Crippen LogP contribution in [-0.4, -0.2) is 29.9 Å². The van der Waals surface area contributed by atoms with Gasteiger partial charge < -0.3 is 10.6 Å². The second-order valence-corrected chi connectivity index (χ2v) is 4.38. The molecule has 0 radical (unpaired) electrons. The lowest BCUT2D eigenvalue weighted by Crippen LogP contribution is -2.46. The van der Waals surface area contributed by atoms with Crippen LogP contribution in [0.3, 0.4) is 0 Å². The van der Waals surface area contributed by atoms with Crippen molar-refractivity contribution in [2.24, 2.45) is 5.73 Å². The van der Waals surface area contributed by atoms with Gasteiger partial charge in [-0.25, -0.2) is 4.39 Å². The SMILES string of the molecule is NCCN(C(=O)c1cccc(F)c1)C1CCC1. The highest BCUT2D eigenvalue weighted by atomic mass is 19.1. The highest BCUT2D eigenvalue weighted by Gasteiger charge is 2.28.